The number of ether oxygens (including phenoxy) is 1. The number of benzene rings is 1. The van der Waals surface area contributed by atoms with Gasteiger partial charge in [0.15, 0.2) is 0 Å². The van der Waals surface area contributed by atoms with Crippen molar-refractivity contribution in [2.75, 3.05) is 6.61 Å². The molecular weight excluding hydrogens is 330 g/mol. The van der Waals surface area contributed by atoms with E-state index >= 15 is 0 Å². The maximum atomic E-state index is 12.1. The molecule has 7 heteroatoms. The SMILES string of the molecule is CCOc1ccccc1CCC(=O)NCc1cn(-c2cccnc2)nn1. The van der Waals surface area contributed by atoms with E-state index in [4.69, 9.17) is 4.74 Å². The third kappa shape index (κ3) is 4.66. The first-order valence-corrected chi connectivity index (χ1v) is 8.55. The summed E-state index contributed by atoms with van der Waals surface area (Å²) in [6, 6.07) is 11.5. The molecule has 2 aromatic heterocycles. The molecule has 3 aromatic rings. The van der Waals surface area contributed by atoms with E-state index in [0.29, 0.717) is 31.7 Å². The van der Waals surface area contributed by atoms with Gasteiger partial charge in [-0.3, -0.25) is 9.78 Å². The number of nitrogens with one attached hydrogen (secondary N) is 1. The highest BCUT2D eigenvalue weighted by Gasteiger charge is 2.08. The van der Waals surface area contributed by atoms with Crippen molar-refractivity contribution in [1.29, 1.82) is 0 Å². The van der Waals surface area contributed by atoms with Crippen LogP contribution in [0.2, 0.25) is 0 Å². The number of aromatic nitrogens is 4. The van der Waals surface area contributed by atoms with E-state index in [9.17, 15) is 4.79 Å². The Morgan fingerprint density at radius 2 is 2.12 bits per heavy atom. The first-order valence-electron chi connectivity index (χ1n) is 8.55. The topological polar surface area (TPSA) is 81.9 Å². The molecule has 0 aliphatic rings. The minimum atomic E-state index is -0.0350. The number of pyridine rings is 1. The average molecular weight is 351 g/mol. The van der Waals surface area contributed by atoms with Gasteiger partial charge in [0, 0.05) is 12.6 Å². The fourth-order valence-electron chi connectivity index (χ4n) is 2.53. The summed E-state index contributed by atoms with van der Waals surface area (Å²) in [7, 11) is 0. The number of carbonyl (C=O) groups is 1. The molecule has 0 saturated heterocycles. The smallest absolute Gasteiger partial charge is 0.220 e. The van der Waals surface area contributed by atoms with Crippen LogP contribution in [0.3, 0.4) is 0 Å². The maximum Gasteiger partial charge on any atom is 0.220 e. The average Bonchev–Trinajstić information content (AvgIpc) is 3.16. The molecule has 1 amide bonds. The van der Waals surface area contributed by atoms with Gasteiger partial charge in [0.2, 0.25) is 5.91 Å². The normalized spacial score (nSPS) is 10.5. The molecule has 0 saturated carbocycles. The zero-order valence-corrected chi connectivity index (χ0v) is 14.6. The molecule has 2 heterocycles. The molecular formula is C19H21N5O2. The van der Waals surface area contributed by atoms with Gasteiger partial charge in [0.1, 0.15) is 11.4 Å². The summed E-state index contributed by atoms with van der Waals surface area (Å²) in [5, 5.41) is 11.0. The van der Waals surface area contributed by atoms with Crippen LogP contribution >= 0.6 is 0 Å². The Morgan fingerprint density at radius 3 is 2.92 bits per heavy atom. The molecule has 0 aliphatic heterocycles. The van der Waals surface area contributed by atoms with Crippen LogP contribution in [0.5, 0.6) is 5.75 Å². The monoisotopic (exact) mass is 351 g/mol. The van der Waals surface area contributed by atoms with Crippen molar-refractivity contribution < 1.29 is 9.53 Å². The van der Waals surface area contributed by atoms with Crippen LogP contribution < -0.4 is 10.1 Å². The van der Waals surface area contributed by atoms with Crippen LogP contribution in [0.15, 0.2) is 55.0 Å². The van der Waals surface area contributed by atoms with Crippen LogP contribution in [0.4, 0.5) is 0 Å². The minimum absolute atomic E-state index is 0.0350. The van der Waals surface area contributed by atoms with Gasteiger partial charge in [0.25, 0.3) is 0 Å². The zero-order valence-electron chi connectivity index (χ0n) is 14.6. The molecule has 0 unspecified atom stereocenters. The quantitative estimate of drug-likeness (QED) is 0.673. The lowest BCUT2D eigenvalue weighted by Gasteiger charge is -2.09. The van der Waals surface area contributed by atoms with Gasteiger partial charge in [-0.25, -0.2) is 4.68 Å². The molecule has 0 bridgehead atoms. The van der Waals surface area contributed by atoms with Crippen molar-refractivity contribution in [1.82, 2.24) is 25.3 Å². The van der Waals surface area contributed by atoms with Crippen molar-refractivity contribution in [3.8, 4) is 11.4 Å². The molecule has 1 N–H and O–H groups in total. The van der Waals surface area contributed by atoms with Crippen LogP contribution in [0.25, 0.3) is 5.69 Å². The second-order valence-corrected chi connectivity index (χ2v) is 5.68. The molecule has 134 valence electrons. The number of hydrogen-bond acceptors (Lipinski definition) is 5. The van der Waals surface area contributed by atoms with Gasteiger partial charge in [-0.15, -0.1) is 5.10 Å². The number of aryl methyl sites for hydroxylation is 1. The predicted octanol–water partition coefficient (Wildman–Crippen LogP) is 2.31. The van der Waals surface area contributed by atoms with E-state index < -0.39 is 0 Å². The number of amides is 1. The molecule has 0 spiro atoms. The minimum Gasteiger partial charge on any atom is -0.494 e. The Morgan fingerprint density at radius 1 is 1.23 bits per heavy atom. The number of hydrogen-bond donors (Lipinski definition) is 1. The van der Waals surface area contributed by atoms with E-state index in [-0.39, 0.29) is 5.91 Å². The van der Waals surface area contributed by atoms with Crippen molar-refractivity contribution in [2.45, 2.75) is 26.3 Å². The zero-order chi connectivity index (χ0) is 18.2. The fourth-order valence-corrected chi connectivity index (χ4v) is 2.53. The van der Waals surface area contributed by atoms with Crippen LogP contribution in [0, 0.1) is 0 Å². The molecule has 0 fully saturated rings. The highest BCUT2D eigenvalue weighted by molar-refractivity contribution is 5.76. The third-order valence-corrected chi connectivity index (χ3v) is 3.81. The van der Waals surface area contributed by atoms with Gasteiger partial charge in [0.05, 0.1) is 31.2 Å². The molecule has 7 nitrogen and oxygen atoms in total. The standard InChI is InChI=1S/C19H21N5O2/c1-2-26-18-8-4-3-6-15(18)9-10-19(25)21-12-16-14-24(23-22-16)17-7-5-11-20-13-17/h3-8,11,13-14H,2,9-10,12H2,1H3,(H,21,25). The first kappa shape index (κ1) is 17.6. The molecule has 0 atom stereocenters. The number of para-hydroxylation sites is 1. The van der Waals surface area contributed by atoms with Crippen LogP contribution in [-0.4, -0.2) is 32.5 Å². The molecule has 26 heavy (non-hydrogen) atoms. The van der Waals surface area contributed by atoms with Gasteiger partial charge >= 0.3 is 0 Å². The Kier molecular flexibility index (Phi) is 5.92. The summed E-state index contributed by atoms with van der Waals surface area (Å²) in [5.74, 6) is 0.800. The van der Waals surface area contributed by atoms with E-state index in [1.807, 2.05) is 43.3 Å². The second kappa shape index (κ2) is 8.75. The van der Waals surface area contributed by atoms with E-state index in [0.717, 1.165) is 17.0 Å². The molecule has 0 radical (unpaired) electrons. The summed E-state index contributed by atoms with van der Waals surface area (Å²) in [6.45, 7) is 2.89. The Bertz CT molecular complexity index is 848. The van der Waals surface area contributed by atoms with Gasteiger partial charge < -0.3 is 10.1 Å². The van der Waals surface area contributed by atoms with E-state index in [1.54, 1.807) is 23.3 Å². The highest BCUT2D eigenvalue weighted by atomic mass is 16.5. The van der Waals surface area contributed by atoms with E-state index in [2.05, 4.69) is 20.6 Å². The predicted molar refractivity (Wildman–Crippen MR) is 96.9 cm³/mol. The lowest BCUT2D eigenvalue weighted by Crippen LogP contribution is -2.23. The summed E-state index contributed by atoms with van der Waals surface area (Å²) in [5.41, 5.74) is 2.55. The van der Waals surface area contributed by atoms with Crippen molar-refractivity contribution >= 4 is 5.91 Å². The summed E-state index contributed by atoms with van der Waals surface area (Å²) in [4.78, 5) is 16.2. The Labute approximate surface area is 152 Å². The number of nitrogens with zero attached hydrogens (tertiary/aromatic N) is 4. The van der Waals surface area contributed by atoms with Crippen LogP contribution in [-0.2, 0) is 17.8 Å². The molecule has 3 rings (SSSR count). The molecule has 1 aromatic carbocycles. The highest BCUT2D eigenvalue weighted by Crippen LogP contribution is 2.19. The Balaban J connectivity index is 1.50. The van der Waals surface area contributed by atoms with Gasteiger partial charge in [-0.2, -0.15) is 0 Å². The third-order valence-electron chi connectivity index (χ3n) is 3.81. The van der Waals surface area contributed by atoms with Crippen molar-refractivity contribution in [3.05, 3.63) is 66.2 Å². The molecule has 0 aliphatic carbocycles. The van der Waals surface area contributed by atoms with E-state index in [1.165, 1.54) is 0 Å². The first-order chi connectivity index (χ1) is 12.8. The largest absolute Gasteiger partial charge is 0.494 e. The Hall–Kier alpha value is -3.22. The second-order valence-electron chi connectivity index (χ2n) is 5.68. The van der Waals surface area contributed by atoms with Crippen LogP contribution in [0.1, 0.15) is 24.6 Å². The lowest BCUT2D eigenvalue weighted by molar-refractivity contribution is -0.121. The number of rotatable bonds is 8. The van der Waals surface area contributed by atoms with Gasteiger partial charge in [-0.1, -0.05) is 23.4 Å². The van der Waals surface area contributed by atoms with Gasteiger partial charge in [-0.05, 0) is 37.1 Å². The van der Waals surface area contributed by atoms with Crippen molar-refractivity contribution in [3.63, 3.8) is 0 Å². The summed E-state index contributed by atoms with van der Waals surface area (Å²) in [6.07, 6.45) is 6.20. The van der Waals surface area contributed by atoms with Crippen molar-refractivity contribution in [2.24, 2.45) is 0 Å². The maximum absolute atomic E-state index is 12.1. The summed E-state index contributed by atoms with van der Waals surface area (Å²) < 4.78 is 7.22. The lowest BCUT2D eigenvalue weighted by atomic mass is 10.1. The number of carbonyl (C=O) groups excluding carboxylic acids is 1. The fraction of sp³-hybridized carbons (Fsp3) is 0.263. The summed E-state index contributed by atoms with van der Waals surface area (Å²) >= 11 is 0.